The van der Waals surface area contributed by atoms with Gasteiger partial charge in [0.15, 0.2) is 5.69 Å². The number of rotatable bonds is 2. The van der Waals surface area contributed by atoms with Crippen molar-refractivity contribution >= 4 is 10.8 Å². The van der Waals surface area contributed by atoms with Gasteiger partial charge in [-0.2, -0.15) is 4.57 Å². The lowest BCUT2D eigenvalue weighted by molar-refractivity contribution is -0.665. The molecular formula is C25H30N+. The van der Waals surface area contributed by atoms with E-state index in [1.54, 1.807) is 0 Å². The molecule has 0 atom stereocenters. The number of benzene rings is 2. The second-order valence-corrected chi connectivity index (χ2v) is 8.08. The van der Waals surface area contributed by atoms with Gasteiger partial charge in [-0.1, -0.05) is 49.1 Å². The number of nitrogens with zero attached hydrogens (tertiary/aromatic N) is 1. The summed E-state index contributed by atoms with van der Waals surface area (Å²) in [4.78, 5) is 0. The highest BCUT2D eigenvalue weighted by Gasteiger charge is 2.21. The molecule has 1 aliphatic rings. The maximum absolute atomic E-state index is 8.77. The summed E-state index contributed by atoms with van der Waals surface area (Å²) in [6.07, 6.45) is 6.64. The summed E-state index contributed by atoms with van der Waals surface area (Å²) in [5.41, 5.74) is 7.52. The molecule has 134 valence electrons. The van der Waals surface area contributed by atoms with Crippen molar-refractivity contribution in [1.82, 2.24) is 0 Å². The molecule has 0 bridgehead atoms. The van der Waals surface area contributed by atoms with Crippen molar-refractivity contribution in [3.8, 4) is 11.3 Å². The molecule has 1 aliphatic carbocycles. The molecule has 3 aromatic rings. The average molecular weight is 346 g/mol. The van der Waals surface area contributed by atoms with Gasteiger partial charge in [0.1, 0.15) is 7.05 Å². The van der Waals surface area contributed by atoms with Gasteiger partial charge in [-0.25, -0.2) is 0 Å². The van der Waals surface area contributed by atoms with E-state index >= 15 is 0 Å². The first kappa shape index (κ1) is 16.1. The van der Waals surface area contributed by atoms with Crippen LogP contribution in [-0.4, -0.2) is 0 Å². The van der Waals surface area contributed by atoms with Crippen LogP contribution in [-0.2, 0) is 7.05 Å². The zero-order chi connectivity index (χ0) is 19.1. The molecule has 0 saturated heterocycles. The second kappa shape index (κ2) is 6.87. The third kappa shape index (κ3) is 3.05. The quantitative estimate of drug-likeness (QED) is 0.480. The van der Waals surface area contributed by atoms with Crippen molar-refractivity contribution in [2.24, 2.45) is 7.05 Å². The summed E-state index contributed by atoms with van der Waals surface area (Å²) < 4.78 is 11.0. The highest BCUT2D eigenvalue weighted by molar-refractivity contribution is 5.94. The van der Waals surface area contributed by atoms with Gasteiger partial charge >= 0.3 is 0 Å². The number of pyridine rings is 1. The Hall–Kier alpha value is -2.15. The predicted octanol–water partition coefficient (Wildman–Crippen LogP) is 6.30. The minimum Gasteiger partial charge on any atom is -0.198 e. The molecule has 26 heavy (non-hydrogen) atoms. The Balaban J connectivity index is 1.97. The van der Waals surface area contributed by atoms with E-state index in [0.717, 1.165) is 11.1 Å². The molecule has 0 unspecified atom stereocenters. The van der Waals surface area contributed by atoms with Gasteiger partial charge < -0.3 is 0 Å². The van der Waals surface area contributed by atoms with Crippen LogP contribution >= 0.6 is 0 Å². The minimum absolute atomic E-state index is 0.666. The van der Waals surface area contributed by atoms with Gasteiger partial charge in [0.25, 0.3) is 0 Å². The minimum atomic E-state index is 0.666. The molecule has 1 heteroatoms. The van der Waals surface area contributed by atoms with Gasteiger partial charge in [-0.3, -0.25) is 0 Å². The first-order valence-corrected chi connectivity index (χ1v) is 9.98. The van der Waals surface area contributed by atoms with E-state index in [2.05, 4.69) is 68.8 Å². The topological polar surface area (TPSA) is 3.88 Å². The number of hydrogen-bond acceptors (Lipinski definition) is 0. The van der Waals surface area contributed by atoms with E-state index in [4.69, 9.17) is 1.37 Å². The first-order valence-electron chi connectivity index (χ1n) is 10.5. The molecule has 0 N–H and O–H groups in total. The standard InChI is InChI=1S/C25H30N/c1-17-10-11-18(2)24(14-17)25-23-13-12-21(20-8-6-5-7-9-20)16-22(23)15-19(3)26(25)4/h10-16,20H,5-9H2,1-4H3/q+1/i15D. The highest BCUT2D eigenvalue weighted by atomic mass is 14.9. The fourth-order valence-corrected chi connectivity index (χ4v) is 4.51. The van der Waals surface area contributed by atoms with Crippen molar-refractivity contribution in [3.63, 3.8) is 0 Å². The van der Waals surface area contributed by atoms with Gasteiger partial charge in [-0.05, 0) is 61.3 Å². The van der Waals surface area contributed by atoms with Crippen LogP contribution in [0, 0.1) is 20.8 Å². The average Bonchev–Trinajstić information content (AvgIpc) is 2.69. The summed E-state index contributed by atoms with van der Waals surface area (Å²) in [6.45, 7) is 6.41. The lowest BCUT2D eigenvalue weighted by Crippen LogP contribution is -2.35. The van der Waals surface area contributed by atoms with Gasteiger partial charge in [0, 0.05) is 18.5 Å². The summed E-state index contributed by atoms with van der Waals surface area (Å²) in [6, 6.07) is 14.2. The maximum Gasteiger partial charge on any atom is 0.220 e. The molecule has 0 amide bonds. The number of aryl methyl sites for hydroxylation is 2. The Morgan fingerprint density at radius 1 is 0.962 bits per heavy atom. The molecule has 1 saturated carbocycles. The lowest BCUT2D eigenvalue weighted by atomic mass is 9.83. The van der Waals surface area contributed by atoms with E-state index < -0.39 is 0 Å². The number of hydrogen-bond donors (Lipinski definition) is 0. The SMILES string of the molecule is [2H]c1c(C)[n+](C)c(-c2cc(C)ccc2C)c2ccc(C3CCCCC3)cc12. The Labute approximate surface area is 159 Å². The summed E-state index contributed by atoms with van der Waals surface area (Å²) in [7, 11) is 2.10. The predicted molar refractivity (Wildman–Crippen MR) is 111 cm³/mol. The number of aromatic nitrogens is 1. The van der Waals surface area contributed by atoms with Crippen LogP contribution in [0.15, 0.2) is 42.4 Å². The van der Waals surface area contributed by atoms with Crippen molar-refractivity contribution < 1.29 is 5.94 Å². The van der Waals surface area contributed by atoms with Crippen LogP contribution in [0.5, 0.6) is 0 Å². The molecular weight excluding hydrogens is 314 g/mol. The third-order valence-corrected chi connectivity index (χ3v) is 6.18. The van der Waals surface area contributed by atoms with Crippen LogP contribution in [0.4, 0.5) is 0 Å². The Morgan fingerprint density at radius 3 is 2.50 bits per heavy atom. The largest absolute Gasteiger partial charge is 0.220 e. The van der Waals surface area contributed by atoms with Gasteiger partial charge in [0.05, 0.1) is 6.76 Å². The summed E-state index contributed by atoms with van der Waals surface area (Å²) in [5.74, 6) is 0.668. The molecule has 0 radical (unpaired) electrons. The molecule has 0 spiro atoms. The monoisotopic (exact) mass is 345 g/mol. The fraction of sp³-hybridized carbons (Fsp3) is 0.400. The fourth-order valence-electron chi connectivity index (χ4n) is 4.51. The van der Waals surface area contributed by atoms with Gasteiger partial charge in [0.2, 0.25) is 5.69 Å². The molecule has 1 nitrogen and oxygen atoms in total. The van der Waals surface area contributed by atoms with Crippen LogP contribution in [0.3, 0.4) is 0 Å². The van der Waals surface area contributed by atoms with E-state index in [0.29, 0.717) is 12.0 Å². The summed E-state index contributed by atoms with van der Waals surface area (Å²) in [5, 5.41) is 2.30. The van der Waals surface area contributed by atoms with E-state index in [-0.39, 0.29) is 0 Å². The van der Waals surface area contributed by atoms with Gasteiger partial charge in [-0.15, -0.1) is 0 Å². The van der Waals surface area contributed by atoms with Crippen molar-refractivity contribution in [1.29, 1.82) is 0 Å². The van der Waals surface area contributed by atoms with Crippen LogP contribution < -0.4 is 4.57 Å². The normalized spacial score (nSPS) is 16.1. The zero-order valence-corrected chi connectivity index (χ0v) is 16.5. The van der Waals surface area contributed by atoms with Crippen LogP contribution in [0.1, 0.15) is 61.8 Å². The molecule has 0 aliphatic heterocycles. The second-order valence-electron chi connectivity index (χ2n) is 8.08. The zero-order valence-electron chi connectivity index (χ0n) is 17.5. The van der Waals surface area contributed by atoms with Crippen molar-refractivity contribution in [3.05, 3.63) is 64.8 Å². The van der Waals surface area contributed by atoms with E-state index in [1.807, 2.05) is 0 Å². The Bertz CT molecular complexity index is 1010. The molecule has 4 rings (SSSR count). The van der Waals surface area contributed by atoms with E-state index in [9.17, 15) is 0 Å². The van der Waals surface area contributed by atoms with Crippen molar-refractivity contribution in [2.75, 3.05) is 0 Å². The van der Waals surface area contributed by atoms with E-state index in [1.165, 1.54) is 65.4 Å². The van der Waals surface area contributed by atoms with Crippen LogP contribution in [0.25, 0.3) is 22.0 Å². The number of fused-ring (bicyclic) bond motifs is 1. The van der Waals surface area contributed by atoms with Crippen molar-refractivity contribution in [2.45, 2.75) is 58.8 Å². The molecule has 1 heterocycles. The molecule has 2 aromatic carbocycles. The smallest absolute Gasteiger partial charge is 0.198 e. The lowest BCUT2D eigenvalue weighted by Gasteiger charge is -2.22. The molecule has 1 aromatic heterocycles. The third-order valence-electron chi connectivity index (χ3n) is 6.18. The van der Waals surface area contributed by atoms with Crippen LogP contribution in [0.2, 0.25) is 0 Å². The Morgan fingerprint density at radius 2 is 1.73 bits per heavy atom. The summed E-state index contributed by atoms with van der Waals surface area (Å²) >= 11 is 0. The Kier molecular flexibility index (Phi) is 4.24. The molecule has 1 fully saturated rings. The highest BCUT2D eigenvalue weighted by Crippen LogP contribution is 2.36. The maximum atomic E-state index is 8.77. The first-order chi connectivity index (χ1) is 13.0.